The first-order chi connectivity index (χ1) is 6.09. The van der Waals surface area contributed by atoms with Crippen LogP contribution in [0, 0.1) is 6.92 Å². The lowest BCUT2D eigenvalue weighted by molar-refractivity contribution is -0.122. The molecule has 0 spiro atoms. The van der Waals surface area contributed by atoms with E-state index >= 15 is 0 Å². The first kappa shape index (κ1) is 9.66. The number of nitrogens with zero attached hydrogens (tertiary/aromatic N) is 2. The van der Waals surface area contributed by atoms with Crippen LogP contribution in [0.1, 0.15) is 18.7 Å². The van der Waals surface area contributed by atoms with Crippen LogP contribution in [0.15, 0.2) is 4.42 Å². The van der Waals surface area contributed by atoms with Gasteiger partial charge in [-0.15, -0.1) is 10.2 Å². The Hall–Kier alpha value is -1.43. The van der Waals surface area contributed by atoms with E-state index in [9.17, 15) is 4.79 Å². The van der Waals surface area contributed by atoms with E-state index in [1.807, 2.05) is 0 Å². The molecule has 6 nitrogen and oxygen atoms in total. The van der Waals surface area contributed by atoms with Gasteiger partial charge in [-0.1, -0.05) is 0 Å². The molecule has 1 amide bonds. The molecule has 0 bridgehead atoms. The van der Waals surface area contributed by atoms with Crippen molar-refractivity contribution >= 4 is 5.91 Å². The summed E-state index contributed by atoms with van der Waals surface area (Å²) in [5.41, 5.74) is 5.33. The Bertz CT molecular complexity index is 294. The van der Waals surface area contributed by atoms with Crippen molar-refractivity contribution < 1.29 is 9.21 Å². The maximum Gasteiger partial charge on any atom is 0.237 e. The molecule has 0 radical (unpaired) electrons. The van der Waals surface area contributed by atoms with Crippen molar-refractivity contribution in [1.82, 2.24) is 15.5 Å². The Morgan fingerprint density at radius 1 is 1.69 bits per heavy atom. The van der Waals surface area contributed by atoms with Gasteiger partial charge in [-0.05, 0) is 6.92 Å². The third-order valence-corrected chi connectivity index (χ3v) is 1.40. The predicted molar refractivity (Wildman–Crippen MR) is 44.5 cm³/mol. The van der Waals surface area contributed by atoms with Crippen LogP contribution in [0.25, 0.3) is 0 Å². The van der Waals surface area contributed by atoms with Crippen LogP contribution in [0.5, 0.6) is 0 Å². The third kappa shape index (κ3) is 2.83. The van der Waals surface area contributed by atoms with Crippen molar-refractivity contribution in [3.63, 3.8) is 0 Å². The molecular formula is C7H12N4O2. The number of nitrogens with one attached hydrogen (secondary N) is 1. The summed E-state index contributed by atoms with van der Waals surface area (Å²) >= 11 is 0. The van der Waals surface area contributed by atoms with Crippen molar-refractivity contribution in [3.8, 4) is 0 Å². The van der Waals surface area contributed by atoms with Gasteiger partial charge in [-0.25, -0.2) is 0 Å². The fourth-order valence-corrected chi connectivity index (χ4v) is 0.733. The molecule has 1 aromatic rings. The van der Waals surface area contributed by atoms with E-state index in [1.54, 1.807) is 13.8 Å². The van der Waals surface area contributed by atoms with Gasteiger partial charge in [0.2, 0.25) is 17.7 Å². The zero-order chi connectivity index (χ0) is 9.84. The van der Waals surface area contributed by atoms with Gasteiger partial charge in [-0.2, -0.15) is 0 Å². The molecule has 1 heterocycles. The number of carbonyl (C=O) groups excluding carboxylic acids is 1. The van der Waals surface area contributed by atoms with E-state index in [1.165, 1.54) is 0 Å². The van der Waals surface area contributed by atoms with Crippen molar-refractivity contribution in [2.24, 2.45) is 5.73 Å². The summed E-state index contributed by atoms with van der Waals surface area (Å²) in [6.45, 7) is 3.51. The fourth-order valence-electron chi connectivity index (χ4n) is 0.733. The summed E-state index contributed by atoms with van der Waals surface area (Å²) in [5, 5.41) is 9.87. The number of hydrogen-bond donors (Lipinski definition) is 2. The topological polar surface area (TPSA) is 94.0 Å². The highest BCUT2D eigenvalue weighted by Crippen LogP contribution is 1.96. The van der Waals surface area contributed by atoms with E-state index in [-0.39, 0.29) is 12.5 Å². The van der Waals surface area contributed by atoms with Gasteiger partial charge in [0.1, 0.15) is 0 Å². The molecule has 6 heteroatoms. The molecule has 1 atom stereocenters. The van der Waals surface area contributed by atoms with E-state index in [0.717, 1.165) is 0 Å². The van der Waals surface area contributed by atoms with Crippen LogP contribution in [0.3, 0.4) is 0 Å². The highest BCUT2D eigenvalue weighted by atomic mass is 16.4. The summed E-state index contributed by atoms with van der Waals surface area (Å²) < 4.78 is 5.04. The van der Waals surface area contributed by atoms with Gasteiger partial charge in [-0.3, -0.25) is 4.79 Å². The van der Waals surface area contributed by atoms with E-state index in [2.05, 4.69) is 15.5 Å². The van der Waals surface area contributed by atoms with Crippen LogP contribution in [0.2, 0.25) is 0 Å². The molecule has 0 unspecified atom stereocenters. The zero-order valence-corrected chi connectivity index (χ0v) is 7.57. The van der Waals surface area contributed by atoms with Crippen LogP contribution >= 0.6 is 0 Å². The monoisotopic (exact) mass is 184 g/mol. The van der Waals surface area contributed by atoms with E-state index < -0.39 is 6.04 Å². The van der Waals surface area contributed by atoms with Gasteiger partial charge < -0.3 is 15.5 Å². The number of rotatable bonds is 3. The first-order valence-electron chi connectivity index (χ1n) is 3.92. The number of carbonyl (C=O) groups is 1. The smallest absolute Gasteiger partial charge is 0.237 e. The average Bonchev–Trinajstić information content (AvgIpc) is 2.47. The predicted octanol–water partition coefficient (Wildman–Crippen LogP) is -0.659. The molecular weight excluding hydrogens is 172 g/mol. The fraction of sp³-hybridized carbons (Fsp3) is 0.571. The van der Waals surface area contributed by atoms with Crippen LogP contribution in [-0.2, 0) is 11.3 Å². The average molecular weight is 184 g/mol. The summed E-state index contributed by atoms with van der Waals surface area (Å²) in [6.07, 6.45) is 0. The van der Waals surface area contributed by atoms with Crippen molar-refractivity contribution in [1.29, 1.82) is 0 Å². The molecule has 0 aliphatic carbocycles. The molecule has 0 fully saturated rings. The van der Waals surface area contributed by atoms with Crippen molar-refractivity contribution in [2.75, 3.05) is 0 Å². The molecule has 1 aromatic heterocycles. The number of aromatic nitrogens is 2. The minimum Gasteiger partial charge on any atom is -0.424 e. The molecule has 72 valence electrons. The van der Waals surface area contributed by atoms with Crippen molar-refractivity contribution in [2.45, 2.75) is 26.4 Å². The van der Waals surface area contributed by atoms with Gasteiger partial charge >= 0.3 is 0 Å². The normalized spacial score (nSPS) is 12.5. The summed E-state index contributed by atoms with van der Waals surface area (Å²) in [6, 6.07) is -0.524. The molecule has 3 N–H and O–H groups in total. The van der Waals surface area contributed by atoms with Gasteiger partial charge in [0.15, 0.2) is 0 Å². The van der Waals surface area contributed by atoms with Gasteiger partial charge in [0.25, 0.3) is 0 Å². The maximum absolute atomic E-state index is 11.0. The molecule has 0 aliphatic heterocycles. The Labute approximate surface area is 75.5 Å². The van der Waals surface area contributed by atoms with Gasteiger partial charge in [0.05, 0.1) is 12.6 Å². The molecule has 13 heavy (non-hydrogen) atoms. The number of aryl methyl sites for hydroxylation is 1. The Kier molecular flexibility index (Phi) is 2.97. The van der Waals surface area contributed by atoms with Crippen LogP contribution in [0.4, 0.5) is 0 Å². The van der Waals surface area contributed by atoms with Crippen LogP contribution in [-0.4, -0.2) is 22.1 Å². The van der Waals surface area contributed by atoms with Gasteiger partial charge in [0, 0.05) is 6.92 Å². The second-order valence-electron chi connectivity index (χ2n) is 2.72. The quantitative estimate of drug-likeness (QED) is 0.650. The molecule has 0 aromatic carbocycles. The van der Waals surface area contributed by atoms with Crippen molar-refractivity contribution in [3.05, 3.63) is 11.8 Å². The standard InChI is InChI=1S/C7H12N4O2/c1-4(8)7(12)9-3-6-11-10-5(2)13-6/h4H,3,8H2,1-2H3,(H,9,12)/t4-/m0/s1. The Morgan fingerprint density at radius 3 is 2.85 bits per heavy atom. The maximum atomic E-state index is 11.0. The lowest BCUT2D eigenvalue weighted by atomic mass is 10.3. The number of nitrogens with two attached hydrogens (primary N) is 1. The third-order valence-electron chi connectivity index (χ3n) is 1.40. The van der Waals surface area contributed by atoms with E-state index in [4.69, 9.17) is 10.2 Å². The highest BCUT2D eigenvalue weighted by Gasteiger charge is 2.08. The minimum absolute atomic E-state index is 0.223. The SMILES string of the molecule is Cc1nnc(CNC(=O)[C@H](C)N)o1. The Morgan fingerprint density at radius 2 is 2.38 bits per heavy atom. The lowest BCUT2D eigenvalue weighted by Gasteiger charge is -2.04. The summed E-state index contributed by atoms with van der Waals surface area (Å²) in [7, 11) is 0. The second kappa shape index (κ2) is 3.99. The molecule has 0 aliphatic rings. The Balaban J connectivity index is 2.39. The largest absolute Gasteiger partial charge is 0.424 e. The number of amides is 1. The zero-order valence-electron chi connectivity index (χ0n) is 7.57. The summed E-state index contributed by atoms with van der Waals surface area (Å²) in [5.74, 6) is 0.618. The molecule has 1 rings (SSSR count). The first-order valence-corrected chi connectivity index (χ1v) is 3.92. The molecule has 0 saturated carbocycles. The minimum atomic E-state index is -0.524. The lowest BCUT2D eigenvalue weighted by Crippen LogP contribution is -2.37. The van der Waals surface area contributed by atoms with Crippen LogP contribution < -0.4 is 11.1 Å². The second-order valence-corrected chi connectivity index (χ2v) is 2.72. The van der Waals surface area contributed by atoms with E-state index in [0.29, 0.717) is 11.8 Å². The molecule has 0 saturated heterocycles. The highest BCUT2D eigenvalue weighted by molar-refractivity contribution is 5.80. The number of hydrogen-bond acceptors (Lipinski definition) is 5. The summed E-state index contributed by atoms with van der Waals surface area (Å²) in [4.78, 5) is 11.0.